The number of nitrogens with zero attached hydrogens (tertiary/aromatic N) is 7. The summed E-state index contributed by atoms with van der Waals surface area (Å²) in [7, 11) is 0. The largest absolute Gasteiger partial charge is 0.376 e. The predicted octanol–water partition coefficient (Wildman–Crippen LogP) is 0.638. The Morgan fingerprint density at radius 1 is 1.38 bits per heavy atom. The van der Waals surface area contributed by atoms with Crippen LogP contribution in [0.15, 0.2) is 24.5 Å². The highest BCUT2D eigenvalue weighted by molar-refractivity contribution is 5.54. The zero-order chi connectivity index (χ0) is 14.1. The average molecular weight is 286 g/mol. The summed E-state index contributed by atoms with van der Waals surface area (Å²) in [5, 5.41) is 22.9. The molecule has 0 aliphatic carbocycles. The smallest absolute Gasteiger partial charge is 0.200 e. The van der Waals surface area contributed by atoms with Crippen LogP contribution in [0.5, 0.6) is 0 Å². The molecule has 0 amide bonds. The van der Waals surface area contributed by atoms with Crippen LogP contribution >= 0.6 is 0 Å². The fourth-order valence-electron chi connectivity index (χ4n) is 2.39. The summed E-state index contributed by atoms with van der Waals surface area (Å²) in [5.74, 6) is 0.659. The van der Waals surface area contributed by atoms with Gasteiger partial charge in [-0.3, -0.25) is 4.68 Å². The zero-order valence-electron chi connectivity index (χ0n) is 11.3. The van der Waals surface area contributed by atoms with E-state index in [1.165, 1.54) is 4.63 Å². The predicted molar refractivity (Wildman–Crippen MR) is 73.1 cm³/mol. The first-order chi connectivity index (χ1) is 10.4. The Bertz CT molecular complexity index is 744. The first kappa shape index (κ1) is 12.2. The minimum atomic E-state index is 0.272. The standard InChI is InChI=1S/C12H14N8O/c1-2-10(21-5-1)8-19-7-9(6-13-19)14-11-3-4-12-15-17-18-20(12)16-11/h3-4,6-7,10H,1-2,5,8H2,(H,14,16). The molecule has 1 atom stereocenters. The first-order valence-corrected chi connectivity index (χ1v) is 6.83. The molecule has 0 aromatic carbocycles. The number of rotatable bonds is 4. The summed E-state index contributed by atoms with van der Waals surface area (Å²) in [4.78, 5) is 0. The number of aromatic nitrogens is 7. The molecule has 0 spiro atoms. The second-order valence-electron chi connectivity index (χ2n) is 4.96. The van der Waals surface area contributed by atoms with Crippen molar-refractivity contribution in [1.82, 2.24) is 35.0 Å². The molecule has 4 heterocycles. The highest BCUT2D eigenvalue weighted by Gasteiger charge is 2.16. The van der Waals surface area contributed by atoms with Crippen molar-refractivity contribution < 1.29 is 4.74 Å². The number of ether oxygens (including phenoxy) is 1. The summed E-state index contributed by atoms with van der Waals surface area (Å²) in [6, 6.07) is 3.62. The molecule has 1 aliphatic heterocycles. The number of hydrogen-bond acceptors (Lipinski definition) is 7. The zero-order valence-corrected chi connectivity index (χ0v) is 11.3. The molecule has 0 bridgehead atoms. The van der Waals surface area contributed by atoms with Crippen molar-refractivity contribution >= 4 is 17.2 Å². The Morgan fingerprint density at radius 2 is 2.38 bits per heavy atom. The van der Waals surface area contributed by atoms with E-state index >= 15 is 0 Å². The second kappa shape index (κ2) is 5.09. The summed E-state index contributed by atoms with van der Waals surface area (Å²) < 4.78 is 8.86. The van der Waals surface area contributed by atoms with Crippen LogP contribution in [0.1, 0.15) is 12.8 Å². The maximum atomic E-state index is 5.60. The second-order valence-corrected chi connectivity index (χ2v) is 4.96. The SMILES string of the molecule is c1nn(CC2CCCO2)cc1Nc1ccc2nnnn2n1. The van der Waals surface area contributed by atoms with Crippen molar-refractivity contribution in [3.8, 4) is 0 Å². The van der Waals surface area contributed by atoms with Crippen LogP contribution in [0.3, 0.4) is 0 Å². The van der Waals surface area contributed by atoms with E-state index in [0.717, 1.165) is 31.7 Å². The van der Waals surface area contributed by atoms with E-state index in [0.29, 0.717) is 11.5 Å². The van der Waals surface area contributed by atoms with Crippen molar-refractivity contribution in [1.29, 1.82) is 0 Å². The molecule has 1 unspecified atom stereocenters. The van der Waals surface area contributed by atoms with Gasteiger partial charge in [0.1, 0.15) is 0 Å². The minimum absolute atomic E-state index is 0.272. The minimum Gasteiger partial charge on any atom is -0.376 e. The van der Waals surface area contributed by atoms with Crippen LogP contribution in [0.2, 0.25) is 0 Å². The molecule has 4 rings (SSSR count). The third-order valence-electron chi connectivity index (χ3n) is 3.39. The third kappa shape index (κ3) is 2.55. The van der Waals surface area contributed by atoms with Crippen LogP contribution in [0.4, 0.5) is 11.5 Å². The lowest BCUT2D eigenvalue weighted by Crippen LogP contribution is -2.15. The molecule has 9 nitrogen and oxygen atoms in total. The molecule has 108 valence electrons. The molecule has 1 saturated heterocycles. The number of tetrazole rings is 1. The molecule has 1 aliphatic rings. The molecule has 3 aromatic heterocycles. The number of nitrogens with one attached hydrogen (secondary N) is 1. The van der Waals surface area contributed by atoms with Gasteiger partial charge in [0.05, 0.1) is 24.5 Å². The molecule has 3 aromatic rings. The van der Waals surface area contributed by atoms with Gasteiger partial charge in [0.15, 0.2) is 11.5 Å². The third-order valence-corrected chi connectivity index (χ3v) is 3.39. The molecule has 21 heavy (non-hydrogen) atoms. The van der Waals surface area contributed by atoms with Crippen LogP contribution in [-0.4, -0.2) is 47.7 Å². The van der Waals surface area contributed by atoms with Gasteiger partial charge in [0.2, 0.25) is 0 Å². The number of anilines is 2. The summed E-state index contributed by atoms with van der Waals surface area (Å²) in [6.07, 6.45) is 6.20. The maximum absolute atomic E-state index is 5.60. The average Bonchev–Trinajstić information content (AvgIpc) is 3.21. The van der Waals surface area contributed by atoms with E-state index in [-0.39, 0.29) is 6.10 Å². The maximum Gasteiger partial charge on any atom is 0.200 e. The van der Waals surface area contributed by atoms with Gasteiger partial charge in [0, 0.05) is 12.8 Å². The fourth-order valence-corrected chi connectivity index (χ4v) is 2.39. The molecular weight excluding hydrogens is 272 g/mol. The quantitative estimate of drug-likeness (QED) is 0.751. The van der Waals surface area contributed by atoms with Crippen molar-refractivity contribution in [2.24, 2.45) is 0 Å². The summed E-state index contributed by atoms with van der Waals surface area (Å²) in [6.45, 7) is 1.63. The van der Waals surface area contributed by atoms with Crippen molar-refractivity contribution in [3.05, 3.63) is 24.5 Å². The molecule has 1 N–H and O–H groups in total. The van der Waals surface area contributed by atoms with Gasteiger partial charge in [-0.15, -0.1) is 14.8 Å². The van der Waals surface area contributed by atoms with Gasteiger partial charge in [-0.2, -0.15) is 5.10 Å². The van der Waals surface area contributed by atoms with Crippen LogP contribution < -0.4 is 5.32 Å². The Morgan fingerprint density at radius 3 is 3.29 bits per heavy atom. The van der Waals surface area contributed by atoms with E-state index in [9.17, 15) is 0 Å². The topological polar surface area (TPSA) is 95.0 Å². The first-order valence-electron chi connectivity index (χ1n) is 6.83. The molecule has 0 radical (unpaired) electrons. The van der Waals surface area contributed by atoms with Gasteiger partial charge in [-0.05, 0) is 35.4 Å². The number of fused-ring (bicyclic) bond motifs is 1. The van der Waals surface area contributed by atoms with Crippen LogP contribution in [0, 0.1) is 0 Å². The Hall–Kier alpha value is -2.55. The van der Waals surface area contributed by atoms with Gasteiger partial charge < -0.3 is 10.1 Å². The molecule has 0 saturated carbocycles. The van der Waals surface area contributed by atoms with E-state index in [1.807, 2.05) is 16.9 Å². The highest BCUT2D eigenvalue weighted by Crippen LogP contribution is 2.16. The fraction of sp³-hybridized carbons (Fsp3) is 0.417. The molecular formula is C12H14N8O. The van der Waals surface area contributed by atoms with Gasteiger partial charge in [-0.1, -0.05) is 0 Å². The summed E-state index contributed by atoms with van der Waals surface area (Å²) >= 11 is 0. The van der Waals surface area contributed by atoms with Crippen molar-refractivity contribution in [2.75, 3.05) is 11.9 Å². The molecule has 1 fully saturated rings. The Balaban J connectivity index is 1.47. The van der Waals surface area contributed by atoms with Gasteiger partial charge >= 0.3 is 0 Å². The highest BCUT2D eigenvalue weighted by atomic mass is 16.5. The number of hydrogen-bond donors (Lipinski definition) is 1. The van der Waals surface area contributed by atoms with Crippen molar-refractivity contribution in [2.45, 2.75) is 25.5 Å². The Kier molecular flexibility index (Phi) is 2.96. The Labute approximate surface area is 119 Å². The lowest BCUT2D eigenvalue weighted by molar-refractivity contribution is 0.0940. The van der Waals surface area contributed by atoms with E-state index in [4.69, 9.17) is 4.74 Å². The van der Waals surface area contributed by atoms with Crippen LogP contribution in [-0.2, 0) is 11.3 Å². The normalized spacial score (nSPS) is 18.4. The summed E-state index contributed by atoms with van der Waals surface area (Å²) in [5.41, 5.74) is 1.47. The monoisotopic (exact) mass is 286 g/mol. The van der Waals surface area contributed by atoms with E-state index in [2.05, 4.69) is 31.0 Å². The molecule has 9 heteroatoms. The van der Waals surface area contributed by atoms with Gasteiger partial charge in [0.25, 0.3) is 0 Å². The lowest BCUT2D eigenvalue weighted by atomic mass is 10.2. The van der Waals surface area contributed by atoms with E-state index < -0.39 is 0 Å². The van der Waals surface area contributed by atoms with E-state index in [1.54, 1.807) is 12.3 Å². The van der Waals surface area contributed by atoms with Crippen LogP contribution in [0.25, 0.3) is 5.65 Å². The van der Waals surface area contributed by atoms with Gasteiger partial charge in [-0.25, -0.2) is 0 Å². The lowest BCUT2D eigenvalue weighted by Gasteiger charge is -2.08. The van der Waals surface area contributed by atoms with Crippen molar-refractivity contribution in [3.63, 3.8) is 0 Å².